The molecule has 0 N–H and O–H groups in total. The standard InChI is InChI=1S/C57H100O6/c1-4-7-10-13-16-19-22-25-27-29-31-32-35-38-41-44-47-50-56(59)62-53-54(52-61-55(58)49-46-43-40-37-34-24-21-18-15-12-9-6-3)63-57(60)51-48-45-42-39-36-33-30-28-26-23-20-17-14-11-8-5-2/h8,11,17-18,20-21,26,28,33,36,54H,4-7,9-10,12-16,19,22-25,27,29-32,34-35,37-53H2,1-3H3/b11-8-,20-17-,21-18-,28-26-,36-33-. The lowest BCUT2D eigenvalue weighted by Crippen LogP contribution is -2.30. The first-order chi connectivity index (χ1) is 31.0. The van der Waals surface area contributed by atoms with E-state index < -0.39 is 6.10 Å². The molecule has 0 amide bonds. The molecule has 0 rings (SSSR count). The second-order valence-corrected chi connectivity index (χ2v) is 17.8. The van der Waals surface area contributed by atoms with E-state index in [1.807, 2.05) is 0 Å². The number of esters is 3. The average molecular weight is 881 g/mol. The van der Waals surface area contributed by atoms with E-state index in [2.05, 4.69) is 81.5 Å². The molecule has 0 aliphatic heterocycles. The average Bonchev–Trinajstić information content (AvgIpc) is 3.28. The lowest BCUT2D eigenvalue weighted by Gasteiger charge is -2.18. The van der Waals surface area contributed by atoms with Gasteiger partial charge in [-0.25, -0.2) is 0 Å². The molecular formula is C57H100O6. The molecule has 0 bridgehead atoms. The Bertz CT molecular complexity index is 1150. The minimum absolute atomic E-state index is 0.0876. The van der Waals surface area contributed by atoms with E-state index in [-0.39, 0.29) is 31.1 Å². The van der Waals surface area contributed by atoms with Crippen molar-refractivity contribution in [3.8, 4) is 0 Å². The molecule has 0 radical (unpaired) electrons. The normalized spacial score (nSPS) is 12.5. The van der Waals surface area contributed by atoms with Crippen molar-refractivity contribution in [2.75, 3.05) is 13.2 Å². The third-order valence-corrected chi connectivity index (χ3v) is 11.5. The number of hydrogen-bond acceptors (Lipinski definition) is 6. The molecule has 0 aliphatic rings. The monoisotopic (exact) mass is 881 g/mol. The van der Waals surface area contributed by atoms with Crippen LogP contribution in [0.3, 0.4) is 0 Å². The van der Waals surface area contributed by atoms with Crippen LogP contribution in [0.4, 0.5) is 0 Å². The zero-order valence-corrected chi connectivity index (χ0v) is 41.6. The van der Waals surface area contributed by atoms with Gasteiger partial charge in [0.25, 0.3) is 0 Å². The minimum Gasteiger partial charge on any atom is -0.462 e. The summed E-state index contributed by atoms with van der Waals surface area (Å²) in [7, 11) is 0. The molecule has 6 heteroatoms. The maximum atomic E-state index is 12.8. The SMILES string of the molecule is CC/C=C\C/C=C\C/C=C\C/C=C\CCCCCC(=O)OC(COC(=O)CCCCCCC/C=C\CCCCC)COC(=O)CCCCCCCCCCCCCCCCCCC. The molecule has 0 saturated carbocycles. The van der Waals surface area contributed by atoms with Gasteiger partial charge in [0.2, 0.25) is 0 Å². The van der Waals surface area contributed by atoms with Crippen LogP contribution in [0, 0.1) is 0 Å². The highest BCUT2D eigenvalue weighted by Crippen LogP contribution is 2.16. The summed E-state index contributed by atoms with van der Waals surface area (Å²) in [6.45, 7) is 6.48. The number of carbonyl (C=O) groups is 3. The van der Waals surface area contributed by atoms with E-state index in [1.165, 1.54) is 128 Å². The van der Waals surface area contributed by atoms with Crippen LogP contribution < -0.4 is 0 Å². The molecule has 6 nitrogen and oxygen atoms in total. The van der Waals surface area contributed by atoms with Gasteiger partial charge in [-0.15, -0.1) is 0 Å². The summed E-state index contributed by atoms with van der Waals surface area (Å²) in [5.41, 5.74) is 0. The van der Waals surface area contributed by atoms with Gasteiger partial charge in [0.1, 0.15) is 13.2 Å². The Labute approximate surface area is 390 Å². The molecule has 0 aromatic carbocycles. The quantitative estimate of drug-likeness (QED) is 0.0262. The summed E-state index contributed by atoms with van der Waals surface area (Å²) < 4.78 is 16.8. The van der Waals surface area contributed by atoms with Gasteiger partial charge < -0.3 is 14.2 Å². The molecular weight excluding hydrogens is 781 g/mol. The lowest BCUT2D eigenvalue weighted by atomic mass is 10.0. The molecule has 0 heterocycles. The van der Waals surface area contributed by atoms with Crippen molar-refractivity contribution < 1.29 is 28.6 Å². The van der Waals surface area contributed by atoms with Crippen LogP contribution in [-0.2, 0) is 28.6 Å². The van der Waals surface area contributed by atoms with Crippen LogP contribution in [-0.4, -0.2) is 37.2 Å². The van der Waals surface area contributed by atoms with Crippen molar-refractivity contribution in [1.29, 1.82) is 0 Å². The summed E-state index contributed by atoms with van der Waals surface area (Å²) in [5, 5.41) is 0. The molecule has 0 fully saturated rings. The van der Waals surface area contributed by atoms with E-state index in [0.717, 1.165) is 96.3 Å². The van der Waals surface area contributed by atoms with Gasteiger partial charge in [0.15, 0.2) is 6.10 Å². The van der Waals surface area contributed by atoms with Crippen molar-refractivity contribution in [3.05, 3.63) is 60.8 Å². The molecule has 0 spiro atoms. The third-order valence-electron chi connectivity index (χ3n) is 11.5. The number of carbonyl (C=O) groups excluding carboxylic acids is 3. The maximum absolute atomic E-state index is 12.8. The topological polar surface area (TPSA) is 78.9 Å². The summed E-state index contributed by atoms with van der Waals surface area (Å²) in [6, 6.07) is 0. The molecule has 63 heavy (non-hydrogen) atoms. The van der Waals surface area contributed by atoms with Gasteiger partial charge in [-0.1, -0.05) is 223 Å². The van der Waals surface area contributed by atoms with E-state index in [1.54, 1.807) is 0 Å². The van der Waals surface area contributed by atoms with Gasteiger partial charge in [-0.3, -0.25) is 14.4 Å². The number of unbranched alkanes of at least 4 members (excludes halogenated alkanes) is 27. The van der Waals surface area contributed by atoms with Gasteiger partial charge in [-0.2, -0.15) is 0 Å². The summed E-state index contributed by atoms with van der Waals surface area (Å²) >= 11 is 0. The maximum Gasteiger partial charge on any atom is 0.306 e. The minimum atomic E-state index is -0.791. The zero-order valence-electron chi connectivity index (χ0n) is 41.6. The van der Waals surface area contributed by atoms with Crippen molar-refractivity contribution in [2.24, 2.45) is 0 Å². The van der Waals surface area contributed by atoms with E-state index in [9.17, 15) is 14.4 Å². The van der Waals surface area contributed by atoms with E-state index in [0.29, 0.717) is 19.3 Å². The van der Waals surface area contributed by atoms with E-state index >= 15 is 0 Å². The van der Waals surface area contributed by atoms with Crippen LogP contribution in [0.25, 0.3) is 0 Å². The first-order valence-electron chi connectivity index (χ1n) is 26.8. The zero-order chi connectivity index (χ0) is 45.8. The second kappa shape index (κ2) is 51.7. The Morgan fingerprint density at radius 1 is 0.333 bits per heavy atom. The molecule has 0 aliphatic carbocycles. The third kappa shape index (κ3) is 50.0. The first kappa shape index (κ1) is 60.1. The van der Waals surface area contributed by atoms with Gasteiger partial charge in [0.05, 0.1) is 0 Å². The Morgan fingerprint density at radius 2 is 0.619 bits per heavy atom. The Hall–Kier alpha value is -2.89. The van der Waals surface area contributed by atoms with Crippen LogP contribution >= 0.6 is 0 Å². The fourth-order valence-corrected chi connectivity index (χ4v) is 7.49. The fourth-order valence-electron chi connectivity index (χ4n) is 7.49. The number of allylic oxidation sites excluding steroid dienone is 10. The van der Waals surface area contributed by atoms with Crippen LogP contribution in [0.5, 0.6) is 0 Å². The first-order valence-corrected chi connectivity index (χ1v) is 26.8. The Morgan fingerprint density at radius 3 is 1.03 bits per heavy atom. The highest BCUT2D eigenvalue weighted by atomic mass is 16.6. The predicted octanol–water partition coefficient (Wildman–Crippen LogP) is 17.6. The molecule has 0 aromatic heterocycles. The van der Waals surface area contributed by atoms with Crippen LogP contribution in [0.1, 0.15) is 265 Å². The second-order valence-electron chi connectivity index (χ2n) is 17.8. The molecule has 364 valence electrons. The van der Waals surface area contributed by atoms with Gasteiger partial charge >= 0.3 is 17.9 Å². The van der Waals surface area contributed by atoms with Crippen LogP contribution in [0.15, 0.2) is 60.8 Å². The van der Waals surface area contributed by atoms with E-state index in [4.69, 9.17) is 14.2 Å². The van der Waals surface area contributed by atoms with Crippen LogP contribution in [0.2, 0.25) is 0 Å². The number of ether oxygens (including phenoxy) is 3. The van der Waals surface area contributed by atoms with Crippen molar-refractivity contribution in [2.45, 2.75) is 271 Å². The highest BCUT2D eigenvalue weighted by molar-refractivity contribution is 5.71. The smallest absolute Gasteiger partial charge is 0.306 e. The molecule has 0 aromatic rings. The summed E-state index contributed by atoms with van der Waals surface area (Å²) in [5.74, 6) is -0.921. The Balaban J connectivity index is 4.40. The molecule has 0 saturated heterocycles. The number of hydrogen-bond donors (Lipinski definition) is 0. The predicted molar refractivity (Wildman–Crippen MR) is 270 cm³/mol. The van der Waals surface area contributed by atoms with Gasteiger partial charge in [-0.05, 0) is 83.5 Å². The Kier molecular flexibility index (Phi) is 49.4. The fraction of sp³-hybridized carbons (Fsp3) is 0.772. The summed E-state index contributed by atoms with van der Waals surface area (Å²) in [6.07, 6.45) is 63.5. The number of rotatable bonds is 48. The van der Waals surface area contributed by atoms with Crippen molar-refractivity contribution in [3.63, 3.8) is 0 Å². The highest BCUT2D eigenvalue weighted by Gasteiger charge is 2.19. The summed E-state index contributed by atoms with van der Waals surface area (Å²) in [4.78, 5) is 38.0. The lowest BCUT2D eigenvalue weighted by molar-refractivity contribution is -0.167. The van der Waals surface area contributed by atoms with Gasteiger partial charge in [0, 0.05) is 19.3 Å². The molecule has 1 unspecified atom stereocenters. The van der Waals surface area contributed by atoms with Crippen molar-refractivity contribution >= 4 is 17.9 Å². The van der Waals surface area contributed by atoms with Crippen molar-refractivity contribution in [1.82, 2.24) is 0 Å². The molecule has 1 atom stereocenters. The largest absolute Gasteiger partial charge is 0.462 e.